The third-order valence-electron chi connectivity index (χ3n) is 2.84. The molecule has 0 saturated carbocycles. The maximum Gasteiger partial charge on any atom is 0.311 e. The lowest BCUT2D eigenvalue weighted by molar-refractivity contribution is -0.134. The van der Waals surface area contributed by atoms with Crippen molar-refractivity contribution < 1.29 is 15.8 Å². The summed E-state index contributed by atoms with van der Waals surface area (Å²) < 4.78 is 5.14. The molecule has 0 aliphatic carbocycles. The Balaban J connectivity index is 0.00000220. The van der Waals surface area contributed by atoms with Gasteiger partial charge in [0, 0.05) is 19.0 Å². The Morgan fingerprint density at radius 3 is 2.15 bits per heavy atom. The summed E-state index contributed by atoms with van der Waals surface area (Å²) in [7, 11) is 0. The summed E-state index contributed by atoms with van der Waals surface area (Å²) in [5.74, 6) is 0.166. The van der Waals surface area contributed by atoms with E-state index in [0.29, 0.717) is 23.3 Å². The second-order valence-electron chi connectivity index (χ2n) is 4.44. The summed E-state index contributed by atoms with van der Waals surface area (Å²) in [6, 6.07) is 15.7. The van der Waals surface area contributed by atoms with Gasteiger partial charge in [-0.2, -0.15) is 0 Å². The molecule has 3 heteroatoms. The molecule has 0 aliphatic rings. The SMILES string of the molecule is CCCC(=O)Oc1ccc(C(=O)c2ccccc2)cc1.[HH]. The molecule has 2 aromatic carbocycles. The van der Waals surface area contributed by atoms with Crippen LogP contribution in [0.2, 0.25) is 0 Å². The summed E-state index contributed by atoms with van der Waals surface area (Å²) in [6.45, 7) is 1.92. The number of carbonyl (C=O) groups is 2. The predicted octanol–water partition coefficient (Wildman–Crippen LogP) is 3.87. The minimum Gasteiger partial charge on any atom is -0.427 e. The van der Waals surface area contributed by atoms with Crippen molar-refractivity contribution in [2.75, 3.05) is 0 Å². The zero-order valence-corrected chi connectivity index (χ0v) is 11.3. The average Bonchev–Trinajstić information content (AvgIpc) is 2.48. The first-order valence-corrected chi connectivity index (χ1v) is 6.61. The number of ketones is 1. The smallest absolute Gasteiger partial charge is 0.311 e. The van der Waals surface area contributed by atoms with Crippen LogP contribution < -0.4 is 4.74 Å². The molecule has 0 aliphatic heterocycles. The highest BCUT2D eigenvalue weighted by molar-refractivity contribution is 6.09. The Hall–Kier alpha value is -2.42. The number of hydrogen-bond acceptors (Lipinski definition) is 3. The Bertz CT molecular complexity index is 591. The first-order valence-electron chi connectivity index (χ1n) is 6.61. The van der Waals surface area contributed by atoms with Crippen LogP contribution in [0.15, 0.2) is 54.6 Å². The lowest BCUT2D eigenvalue weighted by atomic mass is 10.0. The summed E-state index contributed by atoms with van der Waals surface area (Å²) in [5, 5.41) is 0. The third-order valence-corrected chi connectivity index (χ3v) is 2.84. The minimum absolute atomic E-state index is 0. The molecule has 0 atom stereocenters. The molecular weight excluding hydrogens is 252 g/mol. The van der Waals surface area contributed by atoms with E-state index in [2.05, 4.69) is 0 Å². The number of hydrogen-bond donors (Lipinski definition) is 0. The average molecular weight is 270 g/mol. The van der Waals surface area contributed by atoms with Crippen molar-refractivity contribution in [2.24, 2.45) is 0 Å². The Labute approximate surface area is 119 Å². The Morgan fingerprint density at radius 1 is 0.950 bits per heavy atom. The monoisotopic (exact) mass is 270 g/mol. The van der Waals surface area contributed by atoms with Crippen molar-refractivity contribution in [3.8, 4) is 5.75 Å². The van der Waals surface area contributed by atoms with E-state index in [0.717, 1.165) is 6.42 Å². The number of rotatable bonds is 5. The molecule has 2 rings (SSSR count). The molecule has 0 amide bonds. The molecular formula is C17H18O3. The number of carbonyl (C=O) groups excluding carboxylic acids is 2. The summed E-state index contributed by atoms with van der Waals surface area (Å²) >= 11 is 0. The molecule has 2 aromatic rings. The number of ether oxygens (including phenoxy) is 1. The standard InChI is InChI=1S/C17H16O3.H2/c1-2-6-16(18)20-15-11-9-14(10-12-15)17(19)13-7-4-3-5-8-13;/h3-5,7-12H,2,6H2,1H3;1H. The van der Waals surface area contributed by atoms with Crippen LogP contribution in [0.4, 0.5) is 0 Å². The fraction of sp³-hybridized carbons (Fsp3) is 0.176. The van der Waals surface area contributed by atoms with Crippen LogP contribution >= 0.6 is 0 Å². The van der Waals surface area contributed by atoms with Gasteiger partial charge >= 0.3 is 5.97 Å². The van der Waals surface area contributed by atoms with Crippen LogP contribution in [-0.2, 0) is 4.79 Å². The third kappa shape index (κ3) is 3.54. The van der Waals surface area contributed by atoms with E-state index >= 15 is 0 Å². The molecule has 0 unspecified atom stereocenters. The Kier molecular flexibility index (Phi) is 4.66. The fourth-order valence-corrected chi connectivity index (χ4v) is 1.82. The number of esters is 1. The van der Waals surface area contributed by atoms with Gasteiger partial charge in [0.05, 0.1) is 0 Å². The number of benzene rings is 2. The van der Waals surface area contributed by atoms with E-state index in [9.17, 15) is 9.59 Å². The van der Waals surface area contributed by atoms with Crippen molar-refractivity contribution in [1.82, 2.24) is 0 Å². The van der Waals surface area contributed by atoms with Crippen LogP contribution in [0.25, 0.3) is 0 Å². The van der Waals surface area contributed by atoms with E-state index in [1.807, 2.05) is 25.1 Å². The molecule has 0 N–H and O–H groups in total. The lowest BCUT2D eigenvalue weighted by Crippen LogP contribution is -2.07. The van der Waals surface area contributed by atoms with Gasteiger partial charge in [0.25, 0.3) is 0 Å². The van der Waals surface area contributed by atoms with Gasteiger partial charge in [-0.05, 0) is 30.7 Å². The van der Waals surface area contributed by atoms with Crippen LogP contribution in [0.5, 0.6) is 5.75 Å². The van der Waals surface area contributed by atoms with Crippen molar-refractivity contribution >= 4 is 11.8 Å². The van der Waals surface area contributed by atoms with Gasteiger partial charge in [0.15, 0.2) is 5.78 Å². The van der Waals surface area contributed by atoms with E-state index in [-0.39, 0.29) is 13.2 Å². The zero-order chi connectivity index (χ0) is 14.4. The van der Waals surface area contributed by atoms with Gasteiger partial charge in [-0.15, -0.1) is 0 Å². The zero-order valence-electron chi connectivity index (χ0n) is 11.3. The van der Waals surface area contributed by atoms with Gasteiger partial charge < -0.3 is 4.74 Å². The first kappa shape index (κ1) is 14.0. The molecule has 104 valence electrons. The highest BCUT2D eigenvalue weighted by Crippen LogP contribution is 2.16. The molecule has 0 radical (unpaired) electrons. The second-order valence-corrected chi connectivity index (χ2v) is 4.44. The van der Waals surface area contributed by atoms with Gasteiger partial charge in [-0.1, -0.05) is 37.3 Å². The molecule has 0 bridgehead atoms. The molecule has 20 heavy (non-hydrogen) atoms. The van der Waals surface area contributed by atoms with Crippen molar-refractivity contribution in [1.29, 1.82) is 0 Å². The molecule has 0 fully saturated rings. The van der Waals surface area contributed by atoms with E-state index in [1.54, 1.807) is 36.4 Å². The maximum absolute atomic E-state index is 12.2. The van der Waals surface area contributed by atoms with Gasteiger partial charge in [0.1, 0.15) is 5.75 Å². The van der Waals surface area contributed by atoms with Crippen molar-refractivity contribution in [3.63, 3.8) is 0 Å². The molecule has 3 nitrogen and oxygen atoms in total. The molecule has 0 heterocycles. The maximum atomic E-state index is 12.2. The normalized spacial score (nSPS) is 10.1. The fourth-order valence-electron chi connectivity index (χ4n) is 1.82. The Morgan fingerprint density at radius 2 is 1.55 bits per heavy atom. The van der Waals surface area contributed by atoms with Crippen molar-refractivity contribution in [3.05, 3.63) is 65.7 Å². The van der Waals surface area contributed by atoms with Crippen LogP contribution in [0.3, 0.4) is 0 Å². The minimum atomic E-state index is -0.255. The van der Waals surface area contributed by atoms with Crippen LogP contribution in [0.1, 0.15) is 37.1 Å². The van der Waals surface area contributed by atoms with Gasteiger partial charge in [-0.25, -0.2) is 0 Å². The van der Waals surface area contributed by atoms with Gasteiger partial charge in [0.2, 0.25) is 0 Å². The topological polar surface area (TPSA) is 43.4 Å². The molecule has 0 spiro atoms. The first-order chi connectivity index (χ1) is 9.70. The van der Waals surface area contributed by atoms with Crippen molar-refractivity contribution in [2.45, 2.75) is 19.8 Å². The van der Waals surface area contributed by atoms with Crippen LogP contribution in [0, 0.1) is 0 Å². The van der Waals surface area contributed by atoms with Gasteiger partial charge in [-0.3, -0.25) is 9.59 Å². The van der Waals surface area contributed by atoms with Crippen LogP contribution in [-0.4, -0.2) is 11.8 Å². The highest BCUT2D eigenvalue weighted by atomic mass is 16.5. The quantitative estimate of drug-likeness (QED) is 0.470. The van der Waals surface area contributed by atoms with E-state index in [4.69, 9.17) is 4.74 Å². The molecule has 0 saturated heterocycles. The highest BCUT2D eigenvalue weighted by Gasteiger charge is 2.09. The summed E-state index contributed by atoms with van der Waals surface area (Å²) in [5.41, 5.74) is 1.22. The van der Waals surface area contributed by atoms with E-state index < -0.39 is 0 Å². The van der Waals surface area contributed by atoms with E-state index in [1.165, 1.54) is 0 Å². The molecule has 0 aromatic heterocycles. The summed E-state index contributed by atoms with van der Waals surface area (Å²) in [6.07, 6.45) is 1.15. The predicted molar refractivity (Wildman–Crippen MR) is 79.0 cm³/mol. The lowest BCUT2D eigenvalue weighted by Gasteiger charge is -2.05. The largest absolute Gasteiger partial charge is 0.427 e. The second kappa shape index (κ2) is 6.66. The summed E-state index contributed by atoms with van der Waals surface area (Å²) in [4.78, 5) is 23.5.